The monoisotopic (exact) mass is 387 g/mol. The molecule has 3 N–H and O–H groups in total. The van der Waals surface area contributed by atoms with Crippen LogP contribution in [0.5, 0.6) is 0 Å². The molecule has 1 heterocycles. The van der Waals surface area contributed by atoms with Gasteiger partial charge in [0.05, 0.1) is 11.6 Å². The van der Waals surface area contributed by atoms with Crippen LogP contribution in [0.15, 0.2) is 78.0 Å². The molecule has 0 radical (unpaired) electrons. The molecule has 4 nitrogen and oxygen atoms in total. The molecule has 0 saturated carbocycles. The first kappa shape index (κ1) is 18.2. The maximum Gasteiger partial charge on any atom is 0.255 e. The van der Waals surface area contributed by atoms with Crippen molar-refractivity contribution in [2.75, 3.05) is 5.32 Å². The molecular weight excluding hydrogens is 366 g/mol. The van der Waals surface area contributed by atoms with Gasteiger partial charge in [-0.05, 0) is 54.5 Å². The van der Waals surface area contributed by atoms with Crippen LogP contribution >= 0.6 is 12.2 Å². The first-order chi connectivity index (χ1) is 13.5. The summed E-state index contributed by atoms with van der Waals surface area (Å²) < 4.78 is 0. The highest BCUT2D eigenvalue weighted by Crippen LogP contribution is 2.32. The van der Waals surface area contributed by atoms with Crippen LogP contribution in [0.4, 0.5) is 5.69 Å². The molecule has 3 aromatic carbocycles. The molecule has 28 heavy (non-hydrogen) atoms. The SMILES string of the molecule is CC1=C(C(=O)Nc2ccc(C)cc2)C(c2cccc3ccccc23)NC(=S)N1. The Morgan fingerprint density at radius 2 is 1.68 bits per heavy atom. The number of thiocarbonyl (C=S) groups is 1. The number of rotatable bonds is 3. The van der Waals surface area contributed by atoms with Crippen molar-refractivity contribution in [2.24, 2.45) is 0 Å². The summed E-state index contributed by atoms with van der Waals surface area (Å²) in [7, 11) is 0. The zero-order chi connectivity index (χ0) is 19.7. The van der Waals surface area contributed by atoms with Gasteiger partial charge in [-0.25, -0.2) is 0 Å². The van der Waals surface area contributed by atoms with Crippen molar-refractivity contribution in [3.8, 4) is 0 Å². The maximum absolute atomic E-state index is 13.2. The molecule has 0 spiro atoms. The molecule has 1 amide bonds. The van der Waals surface area contributed by atoms with Crippen molar-refractivity contribution in [2.45, 2.75) is 19.9 Å². The standard InChI is InChI=1S/C23H21N3OS/c1-14-10-12-17(13-11-14)25-22(27)20-15(2)24-23(28)26-21(20)19-9-5-7-16-6-3-4-8-18(16)19/h3-13,21H,1-2H3,(H,25,27)(H2,24,26,28). The second-order valence-electron chi connectivity index (χ2n) is 6.96. The van der Waals surface area contributed by atoms with Crippen molar-refractivity contribution in [3.63, 3.8) is 0 Å². The summed E-state index contributed by atoms with van der Waals surface area (Å²) in [5.74, 6) is -0.151. The van der Waals surface area contributed by atoms with Crippen molar-refractivity contribution < 1.29 is 4.79 Å². The molecule has 0 fully saturated rings. The van der Waals surface area contributed by atoms with Gasteiger partial charge in [0.2, 0.25) is 0 Å². The first-order valence-electron chi connectivity index (χ1n) is 9.17. The van der Waals surface area contributed by atoms with E-state index >= 15 is 0 Å². The van der Waals surface area contributed by atoms with E-state index in [9.17, 15) is 4.79 Å². The minimum Gasteiger partial charge on any atom is -0.351 e. The van der Waals surface area contributed by atoms with E-state index in [0.29, 0.717) is 10.7 Å². The molecule has 4 rings (SSSR count). The fourth-order valence-corrected chi connectivity index (χ4v) is 3.84. The van der Waals surface area contributed by atoms with Crippen LogP contribution in [0.25, 0.3) is 10.8 Å². The fraction of sp³-hybridized carbons (Fsp3) is 0.130. The Morgan fingerprint density at radius 3 is 2.46 bits per heavy atom. The highest BCUT2D eigenvalue weighted by atomic mass is 32.1. The van der Waals surface area contributed by atoms with Gasteiger partial charge in [-0.15, -0.1) is 0 Å². The molecule has 0 aliphatic carbocycles. The molecule has 0 saturated heterocycles. The number of hydrogen-bond donors (Lipinski definition) is 3. The van der Waals surface area contributed by atoms with Crippen molar-refractivity contribution in [3.05, 3.63) is 89.1 Å². The van der Waals surface area contributed by atoms with Gasteiger partial charge < -0.3 is 16.0 Å². The quantitative estimate of drug-likeness (QED) is 0.576. The summed E-state index contributed by atoms with van der Waals surface area (Å²) in [6.07, 6.45) is 0. The first-order valence-corrected chi connectivity index (χ1v) is 9.58. The average molecular weight is 388 g/mol. The van der Waals surface area contributed by atoms with Gasteiger partial charge in [-0.1, -0.05) is 60.2 Å². The zero-order valence-electron chi connectivity index (χ0n) is 15.7. The Labute approximate surface area is 169 Å². The summed E-state index contributed by atoms with van der Waals surface area (Å²) in [6, 6.07) is 21.7. The van der Waals surface area contributed by atoms with E-state index in [1.807, 2.05) is 62.4 Å². The number of aryl methyl sites for hydroxylation is 1. The van der Waals surface area contributed by atoms with E-state index in [2.05, 4.69) is 34.1 Å². The van der Waals surface area contributed by atoms with E-state index in [1.54, 1.807) is 0 Å². The smallest absolute Gasteiger partial charge is 0.255 e. The lowest BCUT2D eigenvalue weighted by molar-refractivity contribution is -0.113. The predicted molar refractivity (Wildman–Crippen MR) is 118 cm³/mol. The van der Waals surface area contributed by atoms with Crippen molar-refractivity contribution >= 4 is 39.7 Å². The van der Waals surface area contributed by atoms with E-state index in [0.717, 1.165) is 33.3 Å². The van der Waals surface area contributed by atoms with Gasteiger partial charge >= 0.3 is 0 Å². The Balaban J connectivity index is 1.76. The highest BCUT2D eigenvalue weighted by Gasteiger charge is 2.30. The number of anilines is 1. The summed E-state index contributed by atoms with van der Waals surface area (Å²) in [6.45, 7) is 3.90. The number of allylic oxidation sites excluding steroid dienone is 1. The van der Waals surface area contributed by atoms with Gasteiger partial charge in [-0.2, -0.15) is 0 Å². The summed E-state index contributed by atoms with van der Waals surface area (Å²) in [5.41, 5.74) is 4.32. The summed E-state index contributed by atoms with van der Waals surface area (Å²) in [4.78, 5) is 13.2. The summed E-state index contributed by atoms with van der Waals surface area (Å²) in [5, 5.41) is 12.1. The average Bonchev–Trinajstić information content (AvgIpc) is 2.68. The highest BCUT2D eigenvalue weighted by molar-refractivity contribution is 7.80. The zero-order valence-corrected chi connectivity index (χ0v) is 16.6. The van der Waals surface area contributed by atoms with Crippen LogP contribution in [0.2, 0.25) is 0 Å². The number of hydrogen-bond acceptors (Lipinski definition) is 2. The minimum absolute atomic E-state index is 0.151. The number of benzene rings is 3. The molecule has 140 valence electrons. The second-order valence-corrected chi connectivity index (χ2v) is 7.37. The third-order valence-corrected chi connectivity index (χ3v) is 5.18. The van der Waals surface area contributed by atoms with Crippen LogP contribution in [0.3, 0.4) is 0 Å². The molecular formula is C23H21N3OS. The number of nitrogens with one attached hydrogen (secondary N) is 3. The molecule has 1 unspecified atom stereocenters. The van der Waals surface area contributed by atoms with E-state index in [4.69, 9.17) is 12.2 Å². The number of carbonyl (C=O) groups is 1. The Hall–Kier alpha value is -3.18. The lowest BCUT2D eigenvalue weighted by Crippen LogP contribution is -2.45. The molecule has 5 heteroatoms. The minimum atomic E-state index is -0.328. The van der Waals surface area contributed by atoms with E-state index in [-0.39, 0.29) is 11.9 Å². The lowest BCUT2D eigenvalue weighted by Gasteiger charge is -2.31. The Bertz CT molecular complexity index is 1100. The molecule has 1 atom stereocenters. The fourth-order valence-electron chi connectivity index (χ4n) is 3.57. The third kappa shape index (κ3) is 3.49. The van der Waals surface area contributed by atoms with Gasteiger partial charge in [0.1, 0.15) is 0 Å². The number of fused-ring (bicyclic) bond motifs is 1. The van der Waals surface area contributed by atoms with Crippen molar-refractivity contribution in [1.29, 1.82) is 0 Å². The van der Waals surface area contributed by atoms with Crippen molar-refractivity contribution in [1.82, 2.24) is 10.6 Å². The van der Waals surface area contributed by atoms with Crippen LogP contribution < -0.4 is 16.0 Å². The van der Waals surface area contributed by atoms with Crippen LogP contribution in [-0.2, 0) is 4.79 Å². The van der Waals surface area contributed by atoms with Gasteiger partial charge in [0, 0.05) is 11.4 Å². The molecule has 1 aliphatic rings. The second kappa shape index (κ2) is 7.44. The Kier molecular flexibility index (Phi) is 4.84. The van der Waals surface area contributed by atoms with Crippen LogP contribution in [0, 0.1) is 6.92 Å². The topological polar surface area (TPSA) is 53.2 Å². The predicted octanol–water partition coefficient (Wildman–Crippen LogP) is 4.58. The maximum atomic E-state index is 13.2. The van der Waals surface area contributed by atoms with Crippen LogP contribution in [-0.4, -0.2) is 11.0 Å². The lowest BCUT2D eigenvalue weighted by atomic mass is 9.91. The molecule has 0 aromatic heterocycles. The third-order valence-electron chi connectivity index (χ3n) is 4.96. The largest absolute Gasteiger partial charge is 0.351 e. The van der Waals surface area contributed by atoms with Gasteiger partial charge in [0.15, 0.2) is 5.11 Å². The van der Waals surface area contributed by atoms with Gasteiger partial charge in [-0.3, -0.25) is 4.79 Å². The Morgan fingerprint density at radius 1 is 0.964 bits per heavy atom. The molecule has 3 aromatic rings. The normalized spacial score (nSPS) is 16.5. The molecule has 0 bridgehead atoms. The number of carbonyl (C=O) groups excluding carboxylic acids is 1. The van der Waals surface area contributed by atoms with Gasteiger partial charge in [0.25, 0.3) is 5.91 Å². The molecule has 1 aliphatic heterocycles. The van der Waals surface area contributed by atoms with E-state index in [1.165, 1.54) is 0 Å². The summed E-state index contributed by atoms with van der Waals surface area (Å²) >= 11 is 5.38. The number of amides is 1. The van der Waals surface area contributed by atoms with Crippen LogP contribution in [0.1, 0.15) is 24.1 Å². The van der Waals surface area contributed by atoms with E-state index < -0.39 is 0 Å².